The molecule has 1 atom stereocenters. The number of nitro groups is 1. The molecule has 0 radical (unpaired) electrons. The summed E-state index contributed by atoms with van der Waals surface area (Å²) in [6.45, 7) is 5.57. The first kappa shape index (κ1) is 20.0. The summed E-state index contributed by atoms with van der Waals surface area (Å²) in [4.78, 5) is 35.3. The first-order valence-electron chi connectivity index (χ1n) is 9.69. The Morgan fingerprint density at radius 3 is 2.47 bits per heavy atom. The molecule has 0 unspecified atom stereocenters. The summed E-state index contributed by atoms with van der Waals surface area (Å²) in [7, 11) is 0. The SMILES string of the molecule is CC1=C(CNC(=O)Oc2ccc([N+](=O)[O-])cc2)C2=C(C)C3(CC3)[C@@](C)(O)C(=O)C2=C1. The summed E-state index contributed by atoms with van der Waals surface area (Å²) in [5, 5.41) is 24.3. The molecular formula is C22H22N2O6. The smallest absolute Gasteiger partial charge is 0.410 e. The number of hydrogen-bond donors (Lipinski definition) is 2. The number of nitro benzene ring substituents is 1. The number of Topliss-reactive ketones (excluding diaryl/α,β-unsaturated/α-hetero) is 1. The van der Waals surface area contributed by atoms with Crippen LogP contribution in [0.5, 0.6) is 5.75 Å². The monoisotopic (exact) mass is 410 g/mol. The molecule has 8 heteroatoms. The number of ketones is 1. The van der Waals surface area contributed by atoms with E-state index in [-0.39, 0.29) is 23.8 Å². The number of nitrogens with zero attached hydrogens (tertiary/aromatic N) is 1. The maximum absolute atomic E-state index is 12.9. The number of carbonyl (C=O) groups excluding carboxylic acids is 2. The molecule has 2 N–H and O–H groups in total. The molecule has 1 aromatic rings. The summed E-state index contributed by atoms with van der Waals surface area (Å²) >= 11 is 0. The molecule has 1 spiro atoms. The third kappa shape index (κ3) is 2.87. The molecule has 1 aromatic carbocycles. The zero-order chi connectivity index (χ0) is 21.8. The highest BCUT2D eigenvalue weighted by atomic mass is 16.6. The van der Waals surface area contributed by atoms with Gasteiger partial charge in [0.15, 0.2) is 5.78 Å². The second kappa shape index (κ2) is 6.63. The van der Waals surface area contributed by atoms with Crippen molar-refractivity contribution >= 4 is 17.6 Å². The van der Waals surface area contributed by atoms with Gasteiger partial charge < -0.3 is 15.2 Å². The fourth-order valence-electron chi connectivity index (χ4n) is 4.58. The van der Waals surface area contributed by atoms with Gasteiger partial charge in [0.2, 0.25) is 0 Å². The van der Waals surface area contributed by atoms with Crippen molar-refractivity contribution < 1.29 is 24.4 Å². The van der Waals surface area contributed by atoms with Gasteiger partial charge in [-0.05, 0) is 68.5 Å². The molecule has 3 aliphatic carbocycles. The average molecular weight is 410 g/mol. The van der Waals surface area contributed by atoms with Crippen LogP contribution in [0.1, 0.15) is 33.6 Å². The molecule has 30 heavy (non-hydrogen) atoms. The third-order valence-electron chi connectivity index (χ3n) is 6.54. The maximum Gasteiger partial charge on any atom is 0.412 e. The van der Waals surface area contributed by atoms with Gasteiger partial charge in [0.25, 0.3) is 5.69 Å². The highest BCUT2D eigenvalue weighted by Crippen LogP contribution is 2.64. The molecule has 0 aromatic heterocycles. The number of amides is 1. The van der Waals surface area contributed by atoms with Crippen LogP contribution in [0.2, 0.25) is 0 Å². The summed E-state index contributed by atoms with van der Waals surface area (Å²) in [5.41, 5.74) is 1.95. The van der Waals surface area contributed by atoms with Crippen molar-refractivity contribution in [1.29, 1.82) is 0 Å². The molecule has 0 heterocycles. The van der Waals surface area contributed by atoms with Crippen LogP contribution in [-0.2, 0) is 4.79 Å². The second-order valence-electron chi connectivity index (χ2n) is 8.20. The number of rotatable bonds is 4. The van der Waals surface area contributed by atoms with Crippen molar-refractivity contribution in [3.8, 4) is 5.75 Å². The standard InChI is InChI=1S/C22H22N2O6/c1-12-10-16-18(13(2)22(8-9-22)21(3,27)19(16)25)17(12)11-23-20(26)30-15-6-4-14(5-7-15)24(28)29/h4-7,10,27H,8-9,11H2,1-3H3,(H,23,26)/t21-/m0/s1. The normalized spacial score (nSPS) is 24.0. The lowest BCUT2D eigenvalue weighted by molar-refractivity contribution is -0.384. The Bertz CT molecular complexity index is 1070. The van der Waals surface area contributed by atoms with E-state index in [9.17, 15) is 24.8 Å². The Hall–Kier alpha value is -3.26. The van der Waals surface area contributed by atoms with Crippen molar-refractivity contribution in [3.63, 3.8) is 0 Å². The molecular weight excluding hydrogens is 388 g/mol. The van der Waals surface area contributed by atoms with E-state index in [1.165, 1.54) is 24.3 Å². The van der Waals surface area contributed by atoms with Gasteiger partial charge in [0, 0.05) is 29.7 Å². The van der Waals surface area contributed by atoms with Crippen LogP contribution in [0.15, 0.2) is 58.2 Å². The van der Waals surface area contributed by atoms with Crippen molar-refractivity contribution in [1.82, 2.24) is 5.32 Å². The molecule has 1 fully saturated rings. The summed E-state index contributed by atoms with van der Waals surface area (Å²) in [6.07, 6.45) is 2.59. The Labute approximate surface area is 173 Å². The zero-order valence-corrected chi connectivity index (χ0v) is 16.9. The van der Waals surface area contributed by atoms with Crippen LogP contribution in [-0.4, -0.2) is 34.1 Å². The Morgan fingerprint density at radius 1 is 1.27 bits per heavy atom. The van der Waals surface area contributed by atoms with Gasteiger partial charge in [-0.3, -0.25) is 14.9 Å². The maximum atomic E-state index is 12.9. The van der Waals surface area contributed by atoms with E-state index in [0.717, 1.165) is 35.1 Å². The second-order valence-corrected chi connectivity index (χ2v) is 8.20. The van der Waals surface area contributed by atoms with Gasteiger partial charge in [-0.25, -0.2) is 4.79 Å². The van der Waals surface area contributed by atoms with Crippen LogP contribution < -0.4 is 10.1 Å². The largest absolute Gasteiger partial charge is 0.412 e. The minimum absolute atomic E-state index is 0.0950. The lowest BCUT2D eigenvalue weighted by Crippen LogP contribution is -2.49. The molecule has 156 valence electrons. The average Bonchev–Trinajstić information content (AvgIpc) is 3.44. The zero-order valence-electron chi connectivity index (χ0n) is 16.9. The van der Waals surface area contributed by atoms with E-state index in [4.69, 9.17) is 4.74 Å². The van der Waals surface area contributed by atoms with Crippen molar-refractivity contribution in [2.24, 2.45) is 5.41 Å². The van der Waals surface area contributed by atoms with E-state index >= 15 is 0 Å². The number of aliphatic hydroxyl groups is 1. The number of hydrogen-bond acceptors (Lipinski definition) is 6. The Balaban J connectivity index is 1.49. The van der Waals surface area contributed by atoms with E-state index in [0.29, 0.717) is 5.57 Å². The molecule has 1 amide bonds. The fourth-order valence-corrected chi connectivity index (χ4v) is 4.58. The molecule has 0 saturated heterocycles. The van der Waals surface area contributed by atoms with Gasteiger partial charge in [0.1, 0.15) is 11.4 Å². The van der Waals surface area contributed by atoms with Crippen LogP contribution in [0.4, 0.5) is 10.5 Å². The topological polar surface area (TPSA) is 119 Å². The summed E-state index contributed by atoms with van der Waals surface area (Å²) in [6, 6.07) is 5.21. The number of ether oxygens (including phenoxy) is 1. The third-order valence-corrected chi connectivity index (χ3v) is 6.54. The van der Waals surface area contributed by atoms with E-state index in [1.54, 1.807) is 13.0 Å². The number of benzene rings is 1. The molecule has 8 nitrogen and oxygen atoms in total. The van der Waals surface area contributed by atoms with Crippen LogP contribution >= 0.6 is 0 Å². The Kier molecular flexibility index (Phi) is 4.43. The minimum Gasteiger partial charge on any atom is -0.410 e. The Morgan fingerprint density at radius 2 is 1.90 bits per heavy atom. The van der Waals surface area contributed by atoms with Crippen molar-refractivity contribution in [3.05, 3.63) is 68.3 Å². The van der Waals surface area contributed by atoms with E-state index < -0.39 is 22.0 Å². The van der Waals surface area contributed by atoms with Gasteiger partial charge in [-0.2, -0.15) is 0 Å². The molecule has 3 aliphatic rings. The van der Waals surface area contributed by atoms with Crippen molar-refractivity contribution in [2.45, 2.75) is 39.2 Å². The van der Waals surface area contributed by atoms with Crippen LogP contribution in [0.3, 0.4) is 0 Å². The molecule has 1 saturated carbocycles. The summed E-state index contributed by atoms with van der Waals surface area (Å²) in [5.74, 6) is -0.0892. The number of allylic oxidation sites excluding steroid dienone is 2. The van der Waals surface area contributed by atoms with Gasteiger partial charge in [-0.1, -0.05) is 5.57 Å². The number of nitrogens with one attached hydrogen (secondary N) is 1. The molecule has 0 aliphatic heterocycles. The lowest BCUT2D eigenvalue weighted by Gasteiger charge is -2.39. The van der Waals surface area contributed by atoms with Crippen LogP contribution in [0.25, 0.3) is 0 Å². The highest BCUT2D eigenvalue weighted by molar-refractivity contribution is 6.10. The predicted octanol–water partition coefficient (Wildman–Crippen LogP) is 3.37. The van der Waals surface area contributed by atoms with Crippen molar-refractivity contribution in [2.75, 3.05) is 6.54 Å². The predicted molar refractivity (Wildman–Crippen MR) is 108 cm³/mol. The van der Waals surface area contributed by atoms with E-state index in [1.807, 2.05) is 13.8 Å². The quantitative estimate of drug-likeness (QED) is 0.580. The minimum atomic E-state index is -1.41. The fraction of sp³-hybridized carbons (Fsp3) is 0.364. The molecule has 0 bridgehead atoms. The number of carbonyl (C=O) groups is 2. The lowest BCUT2D eigenvalue weighted by atomic mass is 9.67. The molecule has 4 rings (SSSR count). The van der Waals surface area contributed by atoms with Gasteiger partial charge in [-0.15, -0.1) is 0 Å². The van der Waals surface area contributed by atoms with Gasteiger partial charge >= 0.3 is 6.09 Å². The van der Waals surface area contributed by atoms with E-state index in [2.05, 4.69) is 5.32 Å². The highest BCUT2D eigenvalue weighted by Gasteiger charge is 2.65. The number of non-ortho nitro benzene ring substituents is 1. The van der Waals surface area contributed by atoms with Crippen LogP contribution in [0, 0.1) is 15.5 Å². The van der Waals surface area contributed by atoms with Gasteiger partial charge in [0.05, 0.1) is 4.92 Å². The first-order chi connectivity index (χ1) is 14.1. The summed E-state index contributed by atoms with van der Waals surface area (Å²) < 4.78 is 5.18. The number of fused-ring (bicyclic) bond motifs is 1. The first-order valence-corrected chi connectivity index (χ1v) is 9.69.